The summed E-state index contributed by atoms with van der Waals surface area (Å²) < 4.78 is 0. The van der Waals surface area contributed by atoms with E-state index in [1.807, 2.05) is 24.5 Å². The van der Waals surface area contributed by atoms with E-state index in [9.17, 15) is 5.11 Å². The van der Waals surface area contributed by atoms with Crippen molar-refractivity contribution in [3.8, 4) is 0 Å². The zero-order chi connectivity index (χ0) is 13.5. The zero-order valence-corrected chi connectivity index (χ0v) is 11.4. The number of pyridine rings is 1. The lowest BCUT2D eigenvalue weighted by atomic mass is 9.74. The molecular weight excluding hydrogens is 234 g/mol. The van der Waals surface area contributed by atoms with E-state index in [0.29, 0.717) is 0 Å². The zero-order valence-electron chi connectivity index (χ0n) is 11.4. The summed E-state index contributed by atoms with van der Waals surface area (Å²) in [6.07, 6.45) is 7.27. The molecule has 0 fully saturated rings. The molecule has 3 rings (SSSR count). The second-order valence-corrected chi connectivity index (χ2v) is 6.21. The van der Waals surface area contributed by atoms with E-state index in [1.54, 1.807) is 0 Å². The maximum absolute atomic E-state index is 10.1. The average Bonchev–Trinajstić information content (AvgIpc) is 2.35. The van der Waals surface area contributed by atoms with Crippen LogP contribution in [0, 0.1) is 5.41 Å². The third kappa shape index (κ3) is 2.41. The van der Waals surface area contributed by atoms with Gasteiger partial charge in [0, 0.05) is 23.3 Å². The number of nitrogens with zero attached hydrogens (tertiary/aromatic N) is 1. The number of aliphatic hydroxyl groups excluding tert-OH is 1. The predicted octanol–water partition coefficient (Wildman–Crippen LogP) is 3.80. The molecule has 19 heavy (non-hydrogen) atoms. The highest BCUT2D eigenvalue weighted by molar-refractivity contribution is 5.93. The standard InChI is InChI=1S/C17H19NO/c1-17(2)8-13(7-14(19)9-17)16-11-18-10-12-5-3-4-6-15(12)16/h3-7,10-11,14,19H,8-9H2,1-2H3. The minimum atomic E-state index is -0.349. The summed E-state index contributed by atoms with van der Waals surface area (Å²) in [4.78, 5) is 4.34. The highest BCUT2D eigenvalue weighted by atomic mass is 16.3. The highest BCUT2D eigenvalue weighted by Gasteiger charge is 2.28. The molecule has 0 spiro atoms. The van der Waals surface area contributed by atoms with Gasteiger partial charge < -0.3 is 5.11 Å². The Morgan fingerprint density at radius 3 is 2.79 bits per heavy atom. The molecule has 1 aromatic carbocycles. The summed E-state index contributed by atoms with van der Waals surface area (Å²) in [6, 6.07) is 8.29. The van der Waals surface area contributed by atoms with Crippen LogP contribution in [0.2, 0.25) is 0 Å². The van der Waals surface area contributed by atoms with Gasteiger partial charge in [0.1, 0.15) is 0 Å². The van der Waals surface area contributed by atoms with Crippen LogP contribution in [0.5, 0.6) is 0 Å². The molecule has 0 saturated heterocycles. The molecule has 1 heterocycles. The fraction of sp³-hybridized carbons (Fsp3) is 0.353. The van der Waals surface area contributed by atoms with Crippen LogP contribution < -0.4 is 0 Å². The summed E-state index contributed by atoms with van der Waals surface area (Å²) in [5.74, 6) is 0. The molecule has 1 unspecified atom stereocenters. The number of hydrogen-bond donors (Lipinski definition) is 1. The fourth-order valence-electron chi connectivity index (χ4n) is 3.06. The summed E-state index contributed by atoms with van der Waals surface area (Å²) in [5, 5.41) is 12.4. The molecule has 1 atom stereocenters. The number of fused-ring (bicyclic) bond motifs is 1. The minimum absolute atomic E-state index is 0.139. The molecular formula is C17H19NO. The molecule has 1 aliphatic rings. The number of hydrogen-bond acceptors (Lipinski definition) is 2. The fourth-order valence-corrected chi connectivity index (χ4v) is 3.06. The van der Waals surface area contributed by atoms with Gasteiger partial charge in [0.2, 0.25) is 0 Å². The van der Waals surface area contributed by atoms with E-state index in [4.69, 9.17) is 0 Å². The van der Waals surface area contributed by atoms with Crippen molar-refractivity contribution in [2.24, 2.45) is 5.41 Å². The Bertz CT molecular complexity index is 637. The number of allylic oxidation sites excluding steroid dienone is 1. The van der Waals surface area contributed by atoms with Gasteiger partial charge in [-0.15, -0.1) is 0 Å². The SMILES string of the molecule is CC1(C)CC(c2cncc3ccccc23)=CC(O)C1. The van der Waals surface area contributed by atoms with E-state index in [-0.39, 0.29) is 11.5 Å². The summed E-state index contributed by atoms with van der Waals surface area (Å²) in [7, 11) is 0. The third-order valence-corrected chi connectivity index (χ3v) is 3.84. The van der Waals surface area contributed by atoms with Gasteiger partial charge in [0.15, 0.2) is 0 Å². The quantitative estimate of drug-likeness (QED) is 0.838. The molecule has 2 heteroatoms. The van der Waals surface area contributed by atoms with Crippen LogP contribution in [0.1, 0.15) is 32.3 Å². The normalized spacial score (nSPS) is 22.3. The van der Waals surface area contributed by atoms with Gasteiger partial charge in [-0.25, -0.2) is 0 Å². The second-order valence-electron chi connectivity index (χ2n) is 6.21. The van der Waals surface area contributed by atoms with Crippen molar-refractivity contribution in [2.75, 3.05) is 0 Å². The molecule has 0 radical (unpaired) electrons. The first kappa shape index (κ1) is 12.4. The van der Waals surface area contributed by atoms with Crippen molar-refractivity contribution < 1.29 is 5.11 Å². The maximum atomic E-state index is 10.1. The van der Waals surface area contributed by atoms with Crippen molar-refractivity contribution in [1.82, 2.24) is 4.98 Å². The van der Waals surface area contributed by atoms with Crippen LogP contribution in [0.25, 0.3) is 16.3 Å². The number of aliphatic hydroxyl groups is 1. The second kappa shape index (κ2) is 4.46. The van der Waals surface area contributed by atoms with Gasteiger partial charge in [0.25, 0.3) is 0 Å². The summed E-state index contributed by atoms with van der Waals surface area (Å²) >= 11 is 0. The van der Waals surface area contributed by atoms with Crippen LogP contribution in [0.4, 0.5) is 0 Å². The topological polar surface area (TPSA) is 33.1 Å². The molecule has 1 aromatic heterocycles. The van der Waals surface area contributed by atoms with E-state index < -0.39 is 0 Å². The van der Waals surface area contributed by atoms with Crippen molar-refractivity contribution in [3.63, 3.8) is 0 Å². The van der Waals surface area contributed by atoms with Crippen LogP contribution in [0.3, 0.4) is 0 Å². The Morgan fingerprint density at radius 2 is 2.00 bits per heavy atom. The Kier molecular flexibility index (Phi) is 2.90. The van der Waals surface area contributed by atoms with Crippen molar-refractivity contribution in [2.45, 2.75) is 32.8 Å². The lowest BCUT2D eigenvalue weighted by molar-refractivity contribution is 0.146. The smallest absolute Gasteiger partial charge is 0.0732 e. The first-order valence-electron chi connectivity index (χ1n) is 6.77. The van der Waals surface area contributed by atoms with E-state index in [1.165, 1.54) is 11.0 Å². The molecule has 2 nitrogen and oxygen atoms in total. The van der Waals surface area contributed by atoms with Crippen molar-refractivity contribution in [3.05, 3.63) is 48.3 Å². The Labute approximate surface area is 113 Å². The van der Waals surface area contributed by atoms with E-state index in [0.717, 1.165) is 23.8 Å². The minimum Gasteiger partial charge on any atom is -0.389 e. The van der Waals surface area contributed by atoms with Gasteiger partial charge in [0.05, 0.1) is 6.10 Å². The molecule has 2 aromatic rings. The van der Waals surface area contributed by atoms with E-state index >= 15 is 0 Å². The van der Waals surface area contributed by atoms with Crippen LogP contribution in [0.15, 0.2) is 42.7 Å². The van der Waals surface area contributed by atoms with Crippen LogP contribution in [-0.2, 0) is 0 Å². The van der Waals surface area contributed by atoms with Gasteiger partial charge in [-0.3, -0.25) is 4.98 Å². The number of benzene rings is 1. The van der Waals surface area contributed by atoms with Crippen molar-refractivity contribution >= 4 is 16.3 Å². The first-order chi connectivity index (χ1) is 9.05. The summed E-state index contributed by atoms with van der Waals surface area (Å²) in [5.41, 5.74) is 2.51. The number of aromatic nitrogens is 1. The Balaban J connectivity index is 2.14. The average molecular weight is 253 g/mol. The maximum Gasteiger partial charge on any atom is 0.0732 e. The third-order valence-electron chi connectivity index (χ3n) is 3.84. The Morgan fingerprint density at radius 1 is 1.21 bits per heavy atom. The number of rotatable bonds is 1. The highest BCUT2D eigenvalue weighted by Crippen LogP contribution is 2.40. The van der Waals surface area contributed by atoms with Crippen LogP contribution in [-0.4, -0.2) is 16.2 Å². The van der Waals surface area contributed by atoms with Gasteiger partial charge in [-0.2, -0.15) is 0 Å². The molecule has 0 amide bonds. The predicted molar refractivity (Wildman–Crippen MR) is 78.7 cm³/mol. The molecule has 0 aliphatic heterocycles. The first-order valence-corrected chi connectivity index (χ1v) is 6.77. The largest absolute Gasteiger partial charge is 0.389 e. The molecule has 0 bridgehead atoms. The molecule has 98 valence electrons. The molecule has 0 saturated carbocycles. The van der Waals surface area contributed by atoms with E-state index in [2.05, 4.69) is 37.0 Å². The monoisotopic (exact) mass is 253 g/mol. The van der Waals surface area contributed by atoms with Gasteiger partial charge >= 0.3 is 0 Å². The molecule has 1 aliphatic carbocycles. The van der Waals surface area contributed by atoms with Crippen molar-refractivity contribution in [1.29, 1.82) is 0 Å². The van der Waals surface area contributed by atoms with Gasteiger partial charge in [-0.1, -0.05) is 44.2 Å². The van der Waals surface area contributed by atoms with Crippen LogP contribution >= 0.6 is 0 Å². The molecule has 1 N–H and O–H groups in total. The van der Waals surface area contributed by atoms with Gasteiger partial charge in [-0.05, 0) is 29.2 Å². The summed E-state index contributed by atoms with van der Waals surface area (Å²) in [6.45, 7) is 4.42. The lowest BCUT2D eigenvalue weighted by Crippen LogP contribution is -2.24. The lowest BCUT2D eigenvalue weighted by Gasteiger charge is -2.33. The Hall–Kier alpha value is -1.67.